The fourth-order valence-electron chi connectivity index (χ4n) is 2.76. The molecule has 7 nitrogen and oxygen atoms in total. The predicted molar refractivity (Wildman–Crippen MR) is 118 cm³/mol. The maximum Gasteiger partial charge on any atom is 0.339 e. The molecule has 0 spiro atoms. The number of rotatable bonds is 8. The van der Waals surface area contributed by atoms with Gasteiger partial charge in [-0.05, 0) is 48.9 Å². The minimum atomic E-state index is -4.19. The lowest BCUT2D eigenvalue weighted by molar-refractivity contribution is -0.120. The van der Waals surface area contributed by atoms with E-state index in [0.717, 1.165) is 17.8 Å². The molecule has 1 N–H and O–H groups in total. The Hall–Kier alpha value is -3.72. The molecule has 0 unspecified atom stereocenters. The van der Waals surface area contributed by atoms with Crippen LogP contribution < -0.4 is 14.3 Å². The quantitative estimate of drug-likeness (QED) is 0.318. The number of carbonyl (C=O) groups excluding carboxylic acids is 1. The van der Waals surface area contributed by atoms with Crippen molar-refractivity contribution in [2.45, 2.75) is 18.2 Å². The summed E-state index contributed by atoms with van der Waals surface area (Å²) in [6, 6.07) is 16.8. The van der Waals surface area contributed by atoms with E-state index in [4.69, 9.17) is 8.92 Å². The monoisotopic (exact) mass is 456 g/mol. The largest absolute Gasteiger partial charge is 0.497 e. The van der Waals surface area contributed by atoms with Crippen LogP contribution in [0.2, 0.25) is 0 Å². The minimum Gasteiger partial charge on any atom is -0.497 e. The number of aryl methyl sites for hydroxylation is 1. The average Bonchev–Trinajstić information content (AvgIpc) is 2.76. The highest BCUT2D eigenvalue weighted by molar-refractivity contribution is 7.87. The fraction of sp³-hybridized carbons (Fsp3) is 0.130. The Morgan fingerprint density at radius 1 is 1.09 bits per heavy atom. The maximum atomic E-state index is 14.3. The highest BCUT2D eigenvalue weighted by Crippen LogP contribution is 2.24. The Kier molecular flexibility index (Phi) is 7.21. The molecule has 0 radical (unpaired) electrons. The lowest BCUT2D eigenvalue weighted by Crippen LogP contribution is -2.20. The van der Waals surface area contributed by atoms with Gasteiger partial charge in [-0.25, -0.2) is 9.82 Å². The second kappa shape index (κ2) is 10.1. The number of benzene rings is 3. The molecule has 3 rings (SSSR count). The molecule has 9 heteroatoms. The first-order chi connectivity index (χ1) is 15.3. The van der Waals surface area contributed by atoms with Gasteiger partial charge < -0.3 is 8.92 Å². The van der Waals surface area contributed by atoms with Crippen LogP contribution in [0.15, 0.2) is 76.7 Å². The summed E-state index contributed by atoms with van der Waals surface area (Å²) in [5, 5.41) is 3.75. The number of hydrogen-bond acceptors (Lipinski definition) is 6. The van der Waals surface area contributed by atoms with Crippen molar-refractivity contribution < 1.29 is 26.5 Å². The van der Waals surface area contributed by atoms with E-state index in [-0.39, 0.29) is 22.6 Å². The minimum absolute atomic E-state index is 0.0248. The topological polar surface area (TPSA) is 94.1 Å². The second-order valence-corrected chi connectivity index (χ2v) is 8.37. The third kappa shape index (κ3) is 5.92. The van der Waals surface area contributed by atoms with E-state index < -0.39 is 21.8 Å². The molecule has 0 bridgehead atoms. The molecule has 166 valence electrons. The van der Waals surface area contributed by atoms with E-state index in [1.54, 1.807) is 36.4 Å². The summed E-state index contributed by atoms with van der Waals surface area (Å²) >= 11 is 0. The lowest BCUT2D eigenvalue weighted by atomic mass is 10.1. The predicted octanol–water partition coefficient (Wildman–Crippen LogP) is 3.60. The molecule has 0 saturated heterocycles. The molecule has 3 aromatic carbocycles. The Labute approximate surface area is 185 Å². The van der Waals surface area contributed by atoms with E-state index >= 15 is 0 Å². The van der Waals surface area contributed by atoms with Gasteiger partial charge in [0.05, 0.1) is 25.3 Å². The molecule has 3 aromatic rings. The molecule has 0 aliphatic carbocycles. The van der Waals surface area contributed by atoms with E-state index in [9.17, 15) is 17.6 Å². The summed E-state index contributed by atoms with van der Waals surface area (Å²) in [7, 11) is -2.66. The van der Waals surface area contributed by atoms with Gasteiger partial charge in [-0.3, -0.25) is 4.79 Å². The van der Waals surface area contributed by atoms with E-state index in [0.29, 0.717) is 11.3 Å². The van der Waals surface area contributed by atoms with Crippen LogP contribution in [-0.2, 0) is 21.3 Å². The summed E-state index contributed by atoms with van der Waals surface area (Å²) in [5.41, 5.74) is 3.66. The third-order valence-electron chi connectivity index (χ3n) is 4.40. The molecule has 0 atom stereocenters. The summed E-state index contributed by atoms with van der Waals surface area (Å²) in [6.45, 7) is 1.82. The number of nitrogens with one attached hydrogen (secondary N) is 1. The van der Waals surface area contributed by atoms with Crippen molar-refractivity contribution in [2.75, 3.05) is 7.11 Å². The van der Waals surface area contributed by atoms with Crippen molar-refractivity contribution in [1.29, 1.82) is 0 Å². The molecule has 0 aliphatic rings. The standard InChI is InChI=1S/C23H21FN2O5S/c1-16-9-11-19(12-10-16)32(28,29)31-22-8-4-7-21(24)20(22)15-25-26-23(27)14-17-5-3-6-18(13-17)30-2/h3-13,15H,14H2,1-2H3,(H,26,27)/b25-15-. The smallest absolute Gasteiger partial charge is 0.339 e. The van der Waals surface area contributed by atoms with Crippen LogP contribution in [0, 0.1) is 12.7 Å². The normalized spacial score (nSPS) is 11.3. The Morgan fingerprint density at radius 2 is 1.81 bits per heavy atom. The molecule has 0 heterocycles. The van der Waals surface area contributed by atoms with Crippen LogP contribution in [0.1, 0.15) is 16.7 Å². The average molecular weight is 456 g/mol. The van der Waals surface area contributed by atoms with Gasteiger partial charge in [0, 0.05) is 0 Å². The molecular weight excluding hydrogens is 435 g/mol. The first-order valence-electron chi connectivity index (χ1n) is 9.53. The summed E-state index contributed by atoms with van der Waals surface area (Å²) in [6.07, 6.45) is 1.02. The first-order valence-corrected chi connectivity index (χ1v) is 10.9. The number of nitrogens with zero attached hydrogens (tertiary/aromatic N) is 1. The number of methoxy groups -OCH3 is 1. The number of hydrazone groups is 1. The Balaban J connectivity index is 1.73. The van der Waals surface area contributed by atoms with Crippen molar-refractivity contribution in [3.63, 3.8) is 0 Å². The van der Waals surface area contributed by atoms with Crippen molar-refractivity contribution in [3.05, 3.63) is 89.2 Å². The number of halogens is 1. The highest BCUT2D eigenvalue weighted by Gasteiger charge is 2.19. The third-order valence-corrected chi connectivity index (χ3v) is 5.65. The maximum absolute atomic E-state index is 14.3. The van der Waals surface area contributed by atoms with Gasteiger partial charge >= 0.3 is 10.1 Å². The number of amides is 1. The fourth-order valence-corrected chi connectivity index (χ4v) is 3.71. The second-order valence-electron chi connectivity index (χ2n) is 6.82. The Bertz CT molecular complexity index is 1240. The van der Waals surface area contributed by atoms with Crippen molar-refractivity contribution in [2.24, 2.45) is 5.10 Å². The van der Waals surface area contributed by atoms with Crippen LogP contribution in [-0.4, -0.2) is 27.6 Å². The SMILES string of the molecule is COc1cccc(CC(=O)N/N=C\c2c(F)cccc2OS(=O)(=O)c2ccc(C)cc2)c1. The molecule has 0 saturated carbocycles. The van der Waals surface area contributed by atoms with Crippen molar-refractivity contribution in [3.8, 4) is 11.5 Å². The van der Waals surface area contributed by atoms with Gasteiger partial charge in [0.2, 0.25) is 5.91 Å². The van der Waals surface area contributed by atoms with Crippen LogP contribution in [0.4, 0.5) is 4.39 Å². The summed E-state index contributed by atoms with van der Waals surface area (Å²) in [5.74, 6) is -0.842. The first kappa shape index (κ1) is 23.0. The lowest BCUT2D eigenvalue weighted by Gasteiger charge is -2.10. The summed E-state index contributed by atoms with van der Waals surface area (Å²) in [4.78, 5) is 12.1. The number of ether oxygens (including phenoxy) is 1. The van der Waals surface area contributed by atoms with Gasteiger partial charge in [0.25, 0.3) is 0 Å². The number of carbonyl (C=O) groups is 1. The Morgan fingerprint density at radius 3 is 2.53 bits per heavy atom. The van der Waals surface area contributed by atoms with E-state index in [1.165, 1.54) is 31.4 Å². The molecule has 0 aliphatic heterocycles. The van der Waals surface area contributed by atoms with Crippen molar-refractivity contribution >= 4 is 22.2 Å². The van der Waals surface area contributed by atoms with Gasteiger partial charge in [0.1, 0.15) is 16.5 Å². The van der Waals surface area contributed by atoms with E-state index in [2.05, 4.69) is 10.5 Å². The molecule has 0 aromatic heterocycles. The van der Waals surface area contributed by atoms with Gasteiger partial charge in [-0.15, -0.1) is 0 Å². The molecule has 1 amide bonds. The zero-order valence-corrected chi connectivity index (χ0v) is 18.2. The zero-order valence-electron chi connectivity index (χ0n) is 17.4. The van der Waals surface area contributed by atoms with Crippen LogP contribution >= 0.6 is 0 Å². The van der Waals surface area contributed by atoms with Gasteiger partial charge in [-0.1, -0.05) is 35.9 Å². The van der Waals surface area contributed by atoms with E-state index in [1.807, 2.05) is 6.92 Å². The highest BCUT2D eigenvalue weighted by atomic mass is 32.2. The van der Waals surface area contributed by atoms with Crippen LogP contribution in [0.5, 0.6) is 11.5 Å². The molecular formula is C23H21FN2O5S. The molecule has 32 heavy (non-hydrogen) atoms. The van der Waals surface area contributed by atoms with Gasteiger partial charge in [-0.2, -0.15) is 13.5 Å². The summed E-state index contributed by atoms with van der Waals surface area (Å²) < 4.78 is 49.7. The molecule has 0 fully saturated rings. The zero-order chi connectivity index (χ0) is 23.1. The number of hydrogen-bond donors (Lipinski definition) is 1. The van der Waals surface area contributed by atoms with Crippen molar-refractivity contribution in [1.82, 2.24) is 5.43 Å². The van der Waals surface area contributed by atoms with Gasteiger partial charge in [0.15, 0.2) is 5.75 Å². The van der Waals surface area contributed by atoms with Crippen LogP contribution in [0.3, 0.4) is 0 Å². The van der Waals surface area contributed by atoms with Crippen LogP contribution in [0.25, 0.3) is 0 Å².